The maximum absolute atomic E-state index is 12.5. The number of hydrogen-bond donors (Lipinski definition) is 2. The summed E-state index contributed by atoms with van der Waals surface area (Å²) in [5.74, 6) is 2.10. The van der Waals surface area contributed by atoms with Crippen molar-refractivity contribution >= 4 is 11.6 Å². The van der Waals surface area contributed by atoms with Gasteiger partial charge >= 0.3 is 0 Å². The van der Waals surface area contributed by atoms with E-state index in [1.54, 1.807) is 12.3 Å². The molecule has 0 saturated heterocycles. The number of carbonyl (C=O) groups excluding carboxylic acids is 1. The molecule has 2 aromatic carbocycles. The van der Waals surface area contributed by atoms with E-state index >= 15 is 0 Å². The lowest BCUT2D eigenvalue weighted by Crippen LogP contribution is -2.87. The Kier molecular flexibility index (Phi) is 5.58. The van der Waals surface area contributed by atoms with E-state index in [-0.39, 0.29) is 18.5 Å². The quantitative estimate of drug-likeness (QED) is 0.690. The number of benzene rings is 2. The fraction of sp³-hybridized carbons (Fsp3) is 0.227. The van der Waals surface area contributed by atoms with Gasteiger partial charge < -0.3 is 24.5 Å². The van der Waals surface area contributed by atoms with E-state index < -0.39 is 0 Å². The number of anilines is 1. The molecule has 1 aromatic heterocycles. The van der Waals surface area contributed by atoms with E-state index in [1.807, 2.05) is 59.9 Å². The maximum Gasteiger partial charge on any atom is 0.279 e. The highest BCUT2D eigenvalue weighted by molar-refractivity contribution is 5.91. The zero-order valence-corrected chi connectivity index (χ0v) is 15.5. The molecule has 6 nitrogen and oxygen atoms in total. The molecule has 0 fully saturated rings. The summed E-state index contributed by atoms with van der Waals surface area (Å²) in [4.78, 5) is 12.5. The number of furan rings is 1. The van der Waals surface area contributed by atoms with Gasteiger partial charge in [0.1, 0.15) is 0 Å². The Morgan fingerprint density at radius 2 is 1.82 bits per heavy atom. The molecule has 1 aliphatic heterocycles. The minimum absolute atomic E-state index is 0.0780. The normalized spacial score (nSPS) is 14.1. The zero-order valence-electron chi connectivity index (χ0n) is 15.5. The van der Waals surface area contributed by atoms with Gasteiger partial charge in [-0.15, -0.1) is 0 Å². The van der Waals surface area contributed by atoms with Crippen LogP contribution in [0.5, 0.6) is 11.5 Å². The van der Waals surface area contributed by atoms with Gasteiger partial charge in [-0.3, -0.25) is 4.79 Å². The van der Waals surface area contributed by atoms with Gasteiger partial charge in [0.05, 0.1) is 19.5 Å². The first-order valence-electron chi connectivity index (χ1n) is 9.41. The highest BCUT2D eigenvalue weighted by Gasteiger charge is 2.21. The SMILES string of the molecule is O=C(C[NH2+][C@H](c1ccccc1)c1ccco1)Nc1ccc2c(c1)OCCCO2. The molecule has 1 atom stereocenters. The number of amides is 1. The van der Waals surface area contributed by atoms with E-state index in [4.69, 9.17) is 13.9 Å². The Morgan fingerprint density at radius 3 is 2.61 bits per heavy atom. The second-order valence-electron chi connectivity index (χ2n) is 6.60. The summed E-state index contributed by atoms with van der Waals surface area (Å²) in [6.45, 7) is 1.51. The summed E-state index contributed by atoms with van der Waals surface area (Å²) in [6.07, 6.45) is 2.50. The molecule has 28 heavy (non-hydrogen) atoms. The summed E-state index contributed by atoms with van der Waals surface area (Å²) >= 11 is 0. The van der Waals surface area contributed by atoms with Crippen LogP contribution in [0.1, 0.15) is 23.8 Å². The molecule has 1 amide bonds. The second-order valence-corrected chi connectivity index (χ2v) is 6.60. The topological polar surface area (TPSA) is 77.3 Å². The average Bonchev–Trinajstić information content (AvgIpc) is 3.14. The van der Waals surface area contributed by atoms with Crippen LogP contribution in [0.4, 0.5) is 5.69 Å². The molecule has 2 heterocycles. The van der Waals surface area contributed by atoms with Crippen LogP contribution in [0.3, 0.4) is 0 Å². The number of nitrogens with one attached hydrogen (secondary N) is 1. The molecule has 1 aliphatic rings. The second kappa shape index (κ2) is 8.63. The van der Waals surface area contributed by atoms with E-state index in [9.17, 15) is 4.79 Å². The fourth-order valence-electron chi connectivity index (χ4n) is 3.22. The summed E-state index contributed by atoms with van der Waals surface area (Å²) in [5.41, 5.74) is 1.78. The Labute approximate surface area is 163 Å². The van der Waals surface area contributed by atoms with Gasteiger partial charge in [-0.1, -0.05) is 30.3 Å². The minimum Gasteiger partial charge on any atom is -0.490 e. The molecule has 3 aromatic rings. The van der Waals surface area contributed by atoms with Crippen molar-refractivity contribution in [1.82, 2.24) is 0 Å². The first-order chi connectivity index (χ1) is 13.8. The smallest absolute Gasteiger partial charge is 0.279 e. The van der Waals surface area contributed by atoms with Gasteiger partial charge in [-0.05, 0) is 24.3 Å². The molecule has 0 bridgehead atoms. The van der Waals surface area contributed by atoms with Crippen LogP contribution in [-0.2, 0) is 4.79 Å². The molecule has 0 unspecified atom stereocenters. The average molecular weight is 379 g/mol. The molecule has 3 N–H and O–H groups in total. The van der Waals surface area contributed by atoms with Crippen molar-refractivity contribution in [3.05, 3.63) is 78.3 Å². The van der Waals surface area contributed by atoms with Crippen molar-refractivity contribution in [1.29, 1.82) is 0 Å². The van der Waals surface area contributed by atoms with Crippen molar-refractivity contribution in [2.45, 2.75) is 12.5 Å². The molecule has 0 aliphatic carbocycles. The van der Waals surface area contributed by atoms with Gasteiger partial charge in [0.2, 0.25) is 0 Å². The Balaban J connectivity index is 1.41. The lowest BCUT2D eigenvalue weighted by Gasteiger charge is -2.14. The van der Waals surface area contributed by atoms with Crippen molar-refractivity contribution < 1.29 is 24.0 Å². The van der Waals surface area contributed by atoms with Gasteiger partial charge in [0.25, 0.3) is 5.91 Å². The predicted molar refractivity (Wildman–Crippen MR) is 104 cm³/mol. The van der Waals surface area contributed by atoms with Crippen LogP contribution in [0.15, 0.2) is 71.3 Å². The van der Waals surface area contributed by atoms with E-state index in [2.05, 4.69) is 5.32 Å². The minimum atomic E-state index is -0.0954. The van der Waals surface area contributed by atoms with Gasteiger partial charge in [0, 0.05) is 23.7 Å². The molecule has 6 heteroatoms. The van der Waals surface area contributed by atoms with Gasteiger partial charge in [0.15, 0.2) is 29.8 Å². The van der Waals surface area contributed by atoms with Crippen molar-refractivity contribution in [3.63, 3.8) is 0 Å². The fourth-order valence-corrected chi connectivity index (χ4v) is 3.22. The Hall–Kier alpha value is -3.25. The molecule has 144 valence electrons. The number of quaternary nitrogens is 1. The Bertz CT molecular complexity index is 910. The van der Waals surface area contributed by atoms with E-state index in [0.29, 0.717) is 30.4 Å². The van der Waals surface area contributed by atoms with Gasteiger partial charge in [-0.2, -0.15) is 0 Å². The molecule has 0 saturated carbocycles. The predicted octanol–water partition coefficient (Wildman–Crippen LogP) is 2.73. The van der Waals surface area contributed by atoms with Crippen molar-refractivity contribution in [2.75, 3.05) is 25.1 Å². The van der Waals surface area contributed by atoms with Crippen LogP contribution in [0.25, 0.3) is 0 Å². The standard InChI is InChI=1S/C22H22N2O4/c25-21(24-17-9-10-18-20(14-17)28-13-5-12-26-18)15-23-22(19-8-4-11-27-19)16-6-2-1-3-7-16/h1-4,6-11,14,22-23H,5,12-13,15H2,(H,24,25)/p+1/t22-/m1/s1. The number of carbonyl (C=O) groups is 1. The van der Waals surface area contributed by atoms with Crippen LogP contribution < -0.4 is 20.1 Å². The lowest BCUT2D eigenvalue weighted by atomic mass is 10.0. The third-order valence-electron chi connectivity index (χ3n) is 4.58. The largest absolute Gasteiger partial charge is 0.490 e. The number of ether oxygens (including phenoxy) is 2. The third-order valence-corrected chi connectivity index (χ3v) is 4.58. The van der Waals surface area contributed by atoms with Crippen LogP contribution in [-0.4, -0.2) is 25.7 Å². The Morgan fingerprint density at radius 1 is 1.00 bits per heavy atom. The molecular weight excluding hydrogens is 356 g/mol. The van der Waals surface area contributed by atoms with Gasteiger partial charge in [-0.25, -0.2) is 0 Å². The zero-order chi connectivity index (χ0) is 19.2. The molecular formula is C22H23N2O4+. The third kappa shape index (κ3) is 4.35. The van der Waals surface area contributed by atoms with Crippen LogP contribution >= 0.6 is 0 Å². The molecule has 0 spiro atoms. The van der Waals surface area contributed by atoms with Crippen molar-refractivity contribution in [3.8, 4) is 11.5 Å². The molecule has 0 radical (unpaired) electrons. The first-order valence-corrected chi connectivity index (χ1v) is 9.41. The summed E-state index contributed by atoms with van der Waals surface area (Å²) in [6, 6.07) is 19.2. The summed E-state index contributed by atoms with van der Waals surface area (Å²) < 4.78 is 16.9. The summed E-state index contributed by atoms with van der Waals surface area (Å²) in [5, 5.41) is 4.89. The summed E-state index contributed by atoms with van der Waals surface area (Å²) in [7, 11) is 0. The maximum atomic E-state index is 12.5. The van der Waals surface area contributed by atoms with E-state index in [0.717, 1.165) is 17.7 Å². The number of hydrogen-bond acceptors (Lipinski definition) is 4. The highest BCUT2D eigenvalue weighted by atomic mass is 16.5. The molecule has 4 rings (SSSR count). The number of nitrogens with two attached hydrogens (primary N) is 1. The van der Waals surface area contributed by atoms with E-state index in [1.165, 1.54) is 0 Å². The monoisotopic (exact) mass is 379 g/mol. The van der Waals surface area contributed by atoms with Crippen LogP contribution in [0.2, 0.25) is 0 Å². The van der Waals surface area contributed by atoms with Crippen molar-refractivity contribution in [2.24, 2.45) is 0 Å². The number of rotatable bonds is 6. The highest BCUT2D eigenvalue weighted by Crippen LogP contribution is 2.32. The lowest BCUT2D eigenvalue weighted by molar-refractivity contribution is -0.678. The number of fused-ring (bicyclic) bond motifs is 1. The first kappa shape index (κ1) is 18.1. The van der Waals surface area contributed by atoms with Crippen LogP contribution in [0, 0.1) is 0 Å².